The minimum atomic E-state index is -3.89. The fraction of sp³-hybridized carbons (Fsp3) is 0.368. The van der Waals surface area contributed by atoms with Gasteiger partial charge in [-0.25, -0.2) is 13.1 Å². The molecule has 29 heavy (non-hydrogen) atoms. The van der Waals surface area contributed by atoms with Crippen molar-refractivity contribution in [2.24, 2.45) is 0 Å². The van der Waals surface area contributed by atoms with E-state index < -0.39 is 20.5 Å². The number of rotatable bonds is 6. The lowest BCUT2D eigenvalue weighted by Crippen LogP contribution is -2.40. The first kappa shape index (κ1) is 20.9. The van der Waals surface area contributed by atoms with E-state index >= 15 is 0 Å². The van der Waals surface area contributed by atoms with E-state index in [9.17, 15) is 18.5 Å². The molecule has 0 bridgehead atoms. The first-order valence-corrected chi connectivity index (χ1v) is 10.4. The summed E-state index contributed by atoms with van der Waals surface area (Å²) in [5.41, 5.74) is 0.0252. The van der Waals surface area contributed by atoms with E-state index in [-0.39, 0.29) is 29.1 Å². The summed E-state index contributed by atoms with van der Waals surface area (Å²) in [6.07, 6.45) is 0. The lowest BCUT2D eigenvalue weighted by atomic mass is 10.1. The second-order valence-corrected chi connectivity index (χ2v) is 9.45. The predicted molar refractivity (Wildman–Crippen MR) is 108 cm³/mol. The van der Waals surface area contributed by atoms with Gasteiger partial charge in [-0.1, -0.05) is 6.07 Å². The molecule has 0 unspecified atom stereocenters. The Morgan fingerprint density at radius 3 is 2.45 bits per heavy atom. The smallest absolute Gasteiger partial charge is 0.293 e. The molecule has 1 atom stereocenters. The summed E-state index contributed by atoms with van der Waals surface area (Å²) >= 11 is 0. The molecule has 0 amide bonds. The molecule has 3 rings (SSSR count). The molecule has 10 heteroatoms. The summed E-state index contributed by atoms with van der Waals surface area (Å²) in [5, 5.41) is 14.6. The highest BCUT2D eigenvalue weighted by Crippen LogP contribution is 2.36. The molecular formula is C19H23N3O6S. The summed E-state index contributed by atoms with van der Waals surface area (Å²) in [4.78, 5) is 10.8. The number of sulfonamides is 1. The van der Waals surface area contributed by atoms with E-state index in [1.165, 1.54) is 12.1 Å². The first-order chi connectivity index (χ1) is 13.5. The first-order valence-electron chi connectivity index (χ1n) is 8.95. The molecule has 1 aliphatic heterocycles. The van der Waals surface area contributed by atoms with E-state index in [1.807, 2.05) is 13.0 Å². The van der Waals surface area contributed by atoms with E-state index in [4.69, 9.17) is 9.47 Å². The number of nitro groups is 1. The van der Waals surface area contributed by atoms with E-state index in [0.717, 1.165) is 11.6 Å². The van der Waals surface area contributed by atoms with Crippen molar-refractivity contribution in [2.75, 3.05) is 12.1 Å². The van der Waals surface area contributed by atoms with Crippen LogP contribution < -0.4 is 19.5 Å². The zero-order valence-electron chi connectivity index (χ0n) is 16.6. The lowest BCUT2D eigenvalue weighted by molar-refractivity contribution is -0.384. The topological polar surface area (TPSA) is 120 Å². The van der Waals surface area contributed by atoms with Crippen molar-refractivity contribution < 1.29 is 22.8 Å². The molecule has 2 aromatic rings. The number of ether oxygens (including phenoxy) is 2. The number of hydrogen-bond acceptors (Lipinski definition) is 7. The molecule has 2 N–H and O–H groups in total. The van der Waals surface area contributed by atoms with Gasteiger partial charge < -0.3 is 14.8 Å². The molecule has 9 nitrogen and oxygen atoms in total. The number of benzene rings is 2. The van der Waals surface area contributed by atoms with Crippen LogP contribution in [-0.4, -0.2) is 25.7 Å². The Labute approximate surface area is 169 Å². The number of anilines is 1. The highest BCUT2D eigenvalue weighted by atomic mass is 32.2. The van der Waals surface area contributed by atoms with Crippen LogP contribution in [0.5, 0.6) is 11.5 Å². The zero-order valence-corrected chi connectivity index (χ0v) is 17.4. The van der Waals surface area contributed by atoms with Crippen LogP contribution in [0.25, 0.3) is 0 Å². The van der Waals surface area contributed by atoms with Gasteiger partial charge in [-0.3, -0.25) is 10.1 Å². The van der Waals surface area contributed by atoms with E-state index in [2.05, 4.69) is 10.0 Å². The average molecular weight is 421 g/mol. The maximum absolute atomic E-state index is 12.5. The number of nitrogens with zero attached hydrogens (tertiary/aromatic N) is 1. The molecular weight excluding hydrogens is 398 g/mol. The van der Waals surface area contributed by atoms with Gasteiger partial charge in [0.05, 0.1) is 9.82 Å². The summed E-state index contributed by atoms with van der Waals surface area (Å²) < 4.78 is 38.2. The van der Waals surface area contributed by atoms with Crippen LogP contribution in [0, 0.1) is 10.1 Å². The molecule has 0 saturated carbocycles. The third-order valence-electron chi connectivity index (χ3n) is 4.19. The molecule has 1 heterocycles. The Kier molecular flexibility index (Phi) is 5.42. The quantitative estimate of drug-likeness (QED) is 0.540. The number of fused-ring (bicyclic) bond motifs is 1. The fourth-order valence-corrected chi connectivity index (χ4v) is 4.35. The third kappa shape index (κ3) is 4.77. The number of hydrogen-bond donors (Lipinski definition) is 2. The maximum atomic E-state index is 12.5. The van der Waals surface area contributed by atoms with Crippen LogP contribution in [0.1, 0.15) is 39.3 Å². The summed E-state index contributed by atoms with van der Waals surface area (Å²) in [6.45, 7) is 7.09. The van der Waals surface area contributed by atoms with Gasteiger partial charge in [0.2, 0.25) is 16.8 Å². The summed E-state index contributed by atoms with van der Waals surface area (Å²) in [7, 11) is -3.89. The molecule has 0 saturated heterocycles. The second kappa shape index (κ2) is 7.53. The van der Waals surface area contributed by atoms with E-state index in [1.54, 1.807) is 32.9 Å². The van der Waals surface area contributed by atoms with E-state index in [0.29, 0.717) is 11.5 Å². The normalized spacial score (nSPS) is 14.5. The van der Waals surface area contributed by atoms with Gasteiger partial charge in [-0.2, -0.15) is 0 Å². The minimum Gasteiger partial charge on any atom is -0.454 e. The van der Waals surface area contributed by atoms with Crippen LogP contribution in [0.3, 0.4) is 0 Å². The summed E-state index contributed by atoms with van der Waals surface area (Å²) in [6, 6.07) is 8.93. The fourth-order valence-electron chi connectivity index (χ4n) is 2.91. The van der Waals surface area contributed by atoms with Crippen molar-refractivity contribution in [3.05, 3.63) is 52.1 Å². The van der Waals surface area contributed by atoms with Gasteiger partial charge in [0, 0.05) is 17.6 Å². The Bertz CT molecular complexity index is 1050. The second-order valence-electron chi connectivity index (χ2n) is 7.77. The molecule has 0 radical (unpaired) electrons. The predicted octanol–water partition coefficient (Wildman–Crippen LogP) is 3.57. The minimum absolute atomic E-state index is 0.157. The van der Waals surface area contributed by atoms with Crippen LogP contribution >= 0.6 is 0 Å². The third-order valence-corrected chi connectivity index (χ3v) is 5.94. The lowest BCUT2D eigenvalue weighted by Gasteiger charge is -2.21. The average Bonchev–Trinajstić information content (AvgIpc) is 3.07. The largest absolute Gasteiger partial charge is 0.454 e. The molecule has 2 aromatic carbocycles. The maximum Gasteiger partial charge on any atom is 0.293 e. The highest BCUT2D eigenvalue weighted by molar-refractivity contribution is 7.89. The molecule has 1 aliphatic rings. The van der Waals surface area contributed by atoms with Gasteiger partial charge in [0.25, 0.3) is 5.69 Å². The van der Waals surface area contributed by atoms with Crippen LogP contribution in [0.2, 0.25) is 0 Å². The van der Waals surface area contributed by atoms with Crippen molar-refractivity contribution in [1.29, 1.82) is 0 Å². The summed E-state index contributed by atoms with van der Waals surface area (Å²) in [5.74, 6) is 1.26. The molecule has 0 spiro atoms. The number of nitrogens with one attached hydrogen (secondary N) is 2. The van der Waals surface area contributed by atoms with Crippen molar-refractivity contribution in [1.82, 2.24) is 4.72 Å². The molecule has 0 aliphatic carbocycles. The van der Waals surface area contributed by atoms with Gasteiger partial charge in [0.1, 0.15) is 5.69 Å². The molecule has 0 aromatic heterocycles. The standard InChI is InChI=1S/C19H23N3O6S/c1-12(13-5-8-17-18(9-13)28-11-27-17)20-15-7-6-14(10-16(15)22(23)24)29(25,26)21-19(2,3)4/h5-10,12,20-21H,11H2,1-4H3/t12-/m1/s1. The van der Waals surface area contributed by atoms with Crippen molar-refractivity contribution in [3.63, 3.8) is 0 Å². The van der Waals surface area contributed by atoms with Crippen molar-refractivity contribution >= 4 is 21.4 Å². The van der Waals surface area contributed by atoms with Gasteiger partial charge >= 0.3 is 0 Å². The van der Waals surface area contributed by atoms with Crippen molar-refractivity contribution in [2.45, 2.75) is 44.2 Å². The Hall–Kier alpha value is -2.85. The van der Waals surface area contributed by atoms with Crippen molar-refractivity contribution in [3.8, 4) is 11.5 Å². The highest BCUT2D eigenvalue weighted by Gasteiger charge is 2.26. The van der Waals surface area contributed by atoms with Gasteiger partial charge in [-0.15, -0.1) is 0 Å². The number of nitro benzene ring substituents is 1. The Morgan fingerprint density at radius 2 is 1.79 bits per heavy atom. The van der Waals surface area contributed by atoms with Crippen LogP contribution in [0.15, 0.2) is 41.3 Å². The Morgan fingerprint density at radius 1 is 1.10 bits per heavy atom. The van der Waals surface area contributed by atoms with Crippen LogP contribution in [0.4, 0.5) is 11.4 Å². The zero-order chi connectivity index (χ0) is 21.4. The molecule has 156 valence electrons. The Balaban J connectivity index is 1.89. The molecule has 0 fully saturated rings. The van der Waals surface area contributed by atoms with Crippen LogP contribution in [-0.2, 0) is 10.0 Å². The van der Waals surface area contributed by atoms with Gasteiger partial charge in [0.15, 0.2) is 11.5 Å². The SMILES string of the molecule is C[C@@H](Nc1ccc(S(=O)(=O)NC(C)(C)C)cc1[N+](=O)[O-])c1ccc2c(c1)OCO2. The monoisotopic (exact) mass is 421 g/mol. The van der Waals surface area contributed by atoms with Gasteiger partial charge in [-0.05, 0) is 57.5 Å².